The summed E-state index contributed by atoms with van der Waals surface area (Å²) in [5, 5.41) is 10.4. The Balaban J connectivity index is 1.76. The molecule has 0 atom stereocenters. The number of aryl methyl sites for hydroxylation is 2. The van der Waals surface area contributed by atoms with Crippen molar-refractivity contribution < 1.29 is 9.32 Å². The van der Waals surface area contributed by atoms with Crippen LogP contribution in [-0.4, -0.2) is 24.2 Å². The number of nitrogens with zero attached hydrogens (tertiary/aromatic N) is 1. The van der Waals surface area contributed by atoms with Crippen LogP contribution in [0.25, 0.3) is 0 Å². The van der Waals surface area contributed by atoms with Gasteiger partial charge in [-0.15, -0.1) is 0 Å². The van der Waals surface area contributed by atoms with Crippen LogP contribution in [0.5, 0.6) is 0 Å². The smallest absolute Gasteiger partial charge is 0.220 e. The Morgan fingerprint density at radius 1 is 1.33 bits per heavy atom. The van der Waals surface area contributed by atoms with Gasteiger partial charge in [0.05, 0.1) is 5.69 Å². The SMILES string of the molecule is CCc1noc(CC)c1CNC(=O)CCC1CCNCC1. The number of hydrogen-bond acceptors (Lipinski definition) is 4. The summed E-state index contributed by atoms with van der Waals surface area (Å²) >= 11 is 0. The molecular formula is C16H27N3O2. The second-order valence-corrected chi connectivity index (χ2v) is 5.75. The lowest BCUT2D eigenvalue weighted by Gasteiger charge is -2.22. The minimum atomic E-state index is 0.138. The fraction of sp³-hybridized carbons (Fsp3) is 0.750. The van der Waals surface area contributed by atoms with E-state index in [2.05, 4.69) is 22.7 Å². The third-order valence-corrected chi connectivity index (χ3v) is 4.31. The number of hydrogen-bond donors (Lipinski definition) is 2. The third kappa shape index (κ3) is 4.56. The molecule has 0 radical (unpaired) electrons. The van der Waals surface area contributed by atoms with Crippen LogP contribution in [0.4, 0.5) is 0 Å². The molecular weight excluding hydrogens is 266 g/mol. The summed E-state index contributed by atoms with van der Waals surface area (Å²) in [6, 6.07) is 0. The van der Waals surface area contributed by atoms with Gasteiger partial charge in [0.1, 0.15) is 5.76 Å². The van der Waals surface area contributed by atoms with Crippen LogP contribution < -0.4 is 10.6 Å². The van der Waals surface area contributed by atoms with Gasteiger partial charge < -0.3 is 15.2 Å². The second kappa shape index (κ2) is 8.17. The zero-order valence-corrected chi connectivity index (χ0v) is 13.2. The molecule has 0 saturated carbocycles. The van der Waals surface area contributed by atoms with Crippen LogP contribution in [-0.2, 0) is 24.2 Å². The monoisotopic (exact) mass is 293 g/mol. The molecule has 1 aromatic rings. The van der Waals surface area contributed by atoms with Gasteiger partial charge in [-0.05, 0) is 44.7 Å². The summed E-state index contributed by atoms with van der Waals surface area (Å²) in [5.41, 5.74) is 2.03. The number of aromatic nitrogens is 1. The fourth-order valence-electron chi connectivity index (χ4n) is 2.92. The maximum Gasteiger partial charge on any atom is 0.220 e. The van der Waals surface area contributed by atoms with Gasteiger partial charge in [-0.2, -0.15) is 0 Å². The predicted octanol–water partition coefficient (Wildman–Crippen LogP) is 2.20. The van der Waals surface area contributed by atoms with E-state index >= 15 is 0 Å². The largest absolute Gasteiger partial charge is 0.361 e. The molecule has 0 aliphatic carbocycles. The first-order valence-corrected chi connectivity index (χ1v) is 8.18. The zero-order chi connectivity index (χ0) is 15.1. The van der Waals surface area contributed by atoms with Crippen molar-refractivity contribution in [1.29, 1.82) is 0 Å². The molecule has 0 bridgehead atoms. The van der Waals surface area contributed by atoms with Crippen molar-refractivity contribution in [1.82, 2.24) is 15.8 Å². The Hall–Kier alpha value is -1.36. The molecule has 0 unspecified atom stereocenters. The van der Waals surface area contributed by atoms with Crippen molar-refractivity contribution in [3.8, 4) is 0 Å². The van der Waals surface area contributed by atoms with E-state index in [4.69, 9.17) is 4.52 Å². The van der Waals surface area contributed by atoms with Crippen LogP contribution in [0.1, 0.15) is 56.5 Å². The van der Waals surface area contributed by atoms with Crippen LogP contribution in [0.3, 0.4) is 0 Å². The highest BCUT2D eigenvalue weighted by Crippen LogP contribution is 2.18. The average molecular weight is 293 g/mol. The van der Waals surface area contributed by atoms with E-state index in [1.54, 1.807) is 0 Å². The van der Waals surface area contributed by atoms with Crippen molar-refractivity contribution in [2.24, 2.45) is 5.92 Å². The average Bonchev–Trinajstić information content (AvgIpc) is 2.93. The van der Waals surface area contributed by atoms with Crippen LogP contribution in [0, 0.1) is 5.92 Å². The van der Waals surface area contributed by atoms with Crippen LogP contribution in [0.15, 0.2) is 4.52 Å². The second-order valence-electron chi connectivity index (χ2n) is 5.75. The molecule has 2 N–H and O–H groups in total. The van der Waals surface area contributed by atoms with Gasteiger partial charge >= 0.3 is 0 Å². The Labute approximate surface area is 126 Å². The normalized spacial score (nSPS) is 16.1. The summed E-state index contributed by atoms with van der Waals surface area (Å²) in [4.78, 5) is 12.0. The molecule has 0 spiro atoms. The molecule has 5 nitrogen and oxygen atoms in total. The number of piperidine rings is 1. The molecule has 1 aliphatic heterocycles. The maximum absolute atomic E-state index is 12.0. The van der Waals surface area contributed by atoms with Gasteiger partial charge in [-0.1, -0.05) is 19.0 Å². The number of rotatable bonds is 7. The first-order chi connectivity index (χ1) is 10.2. The van der Waals surface area contributed by atoms with Crippen molar-refractivity contribution in [2.75, 3.05) is 13.1 Å². The van der Waals surface area contributed by atoms with Gasteiger partial charge in [0.15, 0.2) is 0 Å². The lowest BCUT2D eigenvalue weighted by Crippen LogP contribution is -2.29. The molecule has 1 fully saturated rings. The molecule has 118 valence electrons. The fourth-order valence-corrected chi connectivity index (χ4v) is 2.92. The summed E-state index contributed by atoms with van der Waals surface area (Å²) in [5.74, 6) is 1.73. The quantitative estimate of drug-likeness (QED) is 0.809. The standard InChI is InChI=1S/C16H27N3O2/c1-3-14-13(15(4-2)21-19-14)11-18-16(20)6-5-12-7-9-17-10-8-12/h12,17H,3-11H2,1-2H3,(H,18,20). The number of carbonyl (C=O) groups excluding carboxylic acids is 1. The Kier molecular flexibility index (Phi) is 6.23. The van der Waals surface area contributed by atoms with E-state index in [0.29, 0.717) is 18.9 Å². The van der Waals surface area contributed by atoms with E-state index in [-0.39, 0.29) is 5.91 Å². The zero-order valence-electron chi connectivity index (χ0n) is 13.2. The van der Waals surface area contributed by atoms with Crippen molar-refractivity contribution in [3.63, 3.8) is 0 Å². The summed E-state index contributed by atoms with van der Waals surface area (Å²) in [6.07, 6.45) is 5.66. The highest BCUT2D eigenvalue weighted by Gasteiger charge is 2.16. The molecule has 5 heteroatoms. The highest BCUT2D eigenvalue weighted by molar-refractivity contribution is 5.75. The van der Waals surface area contributed by atoms with Crippen LogP contribution >= 0.6 is 0 Å². The summed E-state index contributed by atoms with van der Waals surface area (Å²) in [7, 11) is 0. The molecule has 21 heavy (non-hydrogen) atoms. The van der Waals surface area contributed by atoms with Gasteiger partial charge in [0.25, 0.3) is 0 Å². The lowest BCUT2D eigenvalue weighted by atomic mass is 9.93. The molecule has 2 rings (SSSR count). The molecule has 1 amide bonds. The van der Waals surface area contributed by atoms with Crippen molar-refractivity contribution in [2.45, 2.75) is 58.9 Å². The van der Waals surface area contributed by atoms with E-state index in [9.17, 15) is 4.79 Å². The molecule has 0 aromatic carbocycles. The van der Waals surface area contributed by atoms with Gasteiger partial charge in [-0.25, -0.2) is 0 Å². The highest BCUT2D eigenvalue weighted by atomic mass is 16.5. The maximum atomic E-state index is 12.0. The Morgan fingerprint density at radius 2 is 2.10 bits per heavy atom. The number of carbonyl (C=O) groups is 1. The van der Waals surface area contributed by atoms with Gasteiger partial charge in [0.2, 0.25) is 5.91 Å². The summed E-state index contributed by atoms with van der Waals surface area (Å²) in [6.45, 7) is 6.82. The van der Waals surface area contributed by atoms with Gasteiger partial charge in [0, 0.05) is 24.9 Å². The van der Waals surface area contributed by atoms with E-state index < -0.39 is 0 Å². The van der Waals surface area contributed by atoms with E-state index in [0.717, 1.165) is 49.4 Å². The minimum Gasteiger partial charge on any atom is -0.361 e. The molecule has 1 aliphatic rings. The van der Waals surface area contributed by atoms with Crippen molar-refractivity contribution >= 4 is 5.91 Å². The number of nitrogens with one attached hydrogen (secondary N) is 2. The van der Waals surface area contributed by atoms with Gasteiger partial charge in [-0.3, -0.25) is 4.79 Å². The van der Waals surface area contributed by atoms with Crippen LogP contribution in [0.2, 0.25) is 0 Å². The predicted molar refractivity (Wildman–Crippen MR) is 81.9 cm³/mol. The third-order valence-electron chi connectivity index (χ3n) is 4.31. The Morgan fingerprint density at radius 3 is 2.76 bits per heavy atom. The topological polar surface area (TPSA) is 67.2 Å². The summed E-state index contributed by atoms with van der Waals surface area (Å²) < 4.78 is 5.32. The first-order valence-electron chi connectivity index (χ1n) is 8.18. The first kappa shape index (κ1) is 16.0. The number of amides is 1. The van der Waals surface area contributed by atoms with Crippen molar-refractivity contribution in [3.05, 3.63) is 17.0 Å². The Bertz CT molecular complexity index is 429. The minimum absolute atomic E-state index is 0.138. The van der Waals surface area contributed by atoms with E-state index in [1.807, 2.05) is 6.92 Å². The lowest BCUT2D eigenvalue weighted by molar-refractivity contribution is -0.121. The molecule has 1 saturated heterocycles. The molecule has 1 aromatic heterocycles. The molecule has 2 heterocycles. The van der Waals surface area contributed by atoms with E-state index in [1.165, 1.54) is 12.8 Å².